The number of rotatable bonds is 5. The van der Waals surface area contributed by atoms with E-state index in [4.69, 9.17) is 0 Å². The van der Waals surface area contributed by atoms with Crippen LogP contribution in [0.4, 0.5) is 0 Å². The Kier molecular flexibility index (Phi) is 5.12. The minimum atomic E-state index is -0.0824. The van der Waals surface area contributed by atoms with Crippen molar-refractivity contribution in [2.45, 2.75) is 24.0 Å². The highest BCUT2D eigenvalue weighted by atomic mass is 32.2. The van der Waals surface area contributed by atoms with Crippen molar-refractivity contribution in [3.8, 4) is 0 Å². The van der Waals surface area contributed by atoms with Crippen LogP contribution in [-0.4, -0.2) is 17.7 Å². The summed E-state index contributed by atoms with van der Waals surface area (Å²) in [6.45, 7) is 8.06. The number of thioether (sulfide) groups is 1. The van der Waals surface area contributed by atoms with Gasteiger partial charge in [-0.25, -0.2) is 0 Å². The molecule has 0 saturated carbocycles. The largest absolute Gasteiger partial charge is 0.352 e. The number of amides is 1. The van der Waals surface area contributed by atoms with E-state index in [0.717, 1.165) is 4.90 Å². The molecule has 0 aliphatic rings. The zero-order chi connectivity index (χ0) is 12.0. The quantitative estimate of drug-likeness (QED) is 0.628. The molecule has 2 nitrogen and oxygen atoms in total. The van der Waals surface area contributed by atoms with E-state index in [1.54, 1.807) is 17.8 Å². The van der Waals surface area contributed by atoms with Gasteiger partial charge in [0, 0.05) is 11.4 Å². The molecule has 0 aliphatic heterocycles. The van der Waals surface area contributed by atoms with E-state index in [1.165, 1.54) is 5.56 Å². The fraction of sp³-hybridized carbons (Fsp3) is 0.308. The van der Waals surface area contributed by atoms with Crippen LogP contribution in [0.25, 0.3) is 0 Å². The molecule has 16 heavy (non-hydrogen) atoms. The predicted molar refractivity (Wildman–Crippen MR) is 69.7 cm³/mol. The topological polar surface area (TPSA) is 29.1 Å². The number of aryl methyl sites for hydroxylation is 1. The summed E-state index contributed by atoms with van der Waals surface area (Å²) in [5, 5.41) is 2.71. The molecule has 0 spiro atoms. The van der Waals surface area contributed by atoms with Crippen molar-refractivity contribution in [2.24, 2.45) is 0 Å². The van der Waals surface area contributed by atoms with Crippen LogP contribution in [-0.2, 0) is 4.79 Å². The number of benzene rings is 1. The average molecular weight is 235 g/mol. The Balaban J connectivity index is 2.57. The highest BCUT2D eigenvalue weighted by Gasteiger charge is 2.13. The summed E-state index contributed by atoms with van der Waals surface area (Å²) in [6, 6.07) is 8.08. The molecule has 0 aromatic heterocycles. The first-order chi connectivity index (χ1) is 7.65. The molecular weight excluding hydrogens is 218 g/mol. The Hall–Kier alpha value is -1.22. The van der Waals surface area contributed by atoms with Gasteiger partial charge in [-0.05, 0) is 25.5 Å². The summed E-state index contributed by atoms with van der Waals surface area (Å²) >= 11 is 1.58. The lowest BCUT2D eigenvalue weighted by molar-refractivity contribution is -0.120. The lowest BCUT2D eigenvalue weighted by Crippen LogP contribution is -2.30. The van der Waals surface area contributed by atoms with Gasteiger partial charge in [-0.2, -0.15) is 0 Å². The average Bonchev–Trinajstić information content (AvgIpc) is 2.28. The summed E-state index contributed by atoms with van der Waals surface area (Å²) in [4.78, 5) is 12.8. The summed E-state index contributed by atoms with van der Waals surface area (Å²) in [7, 11) is 0. The number of carbonyl (C=O) groups excluding carboxylic acids is 1. The lowest BCUT2D eigenvalue weighted by atomic mass is 10.2. The third-order valence-electron chi connectivity index (χ3n) is 2.19. The number of hydrogen-bond acceptors (Lipinski definition) is 2. The Morgan fingerprint density at radius 1 is 1.56 bits per heavy atom. The van der Waals surface area contributed by atoms with Gasteiger partial charge in [-0.15, -0.1) is 18.3 Å². The van der Waals surface area contributed by atoms with Crippen LogP contribution in [0.3, 0.4) is 0 Å². The van der Waals surface area contributed by atoms with Gasteiger partial charge in [0.25, 0.3) is 0 Å². The minimum Gasteiger partial charge on any atom is -0.352 e. The molecule has 1 atom stereocenters. The summed E-state index contributed by atoms with van der Waals surface area (Å²) in [5.41, 5.74) is 1.20. The van der Waals surface area contributed by atoms with E-state index in [9.17, 15) is 4.79 Å². The molecule has 86 valence electrons. The van der Waals surface area contributed by atoms with E-state index in [1.807, 2.05) is 25.1 Å². The van der Waals surface area contributed by atoms with Crippen LogP contribution < -0.4 is 5.32 Å². The summed E-state index contributed by atoms with van der Waals surface area (Å²) < 4.78 is 0. The van der Waals surface area contributed by atoms with E-state index in [0.29, 0.717) is 6.54 Å². The first kappa shape index (κ1) is 12.8. The van der Waals surface area contributed by atoms with E-state index < -0.39 is 0 Å². The predicted octanol–water partition coefficient (Wildman–Crippen LogP) is 2.78. The van der Waals surface area contributed by atoms with Crippen molar-refractivity contribution in [2.75, 3.05) is 6.54 Å². The second kappa shape index (κ2) is 6.38. The third-order valence-corrected chi connectivity index (χ3v) is 3.47. The fourth-order valence-electron chi connectivity index (χ4n) is 1.25. The summed E-state index contributed by atoms with van der Waals surface area (Å²) in [5.74, 6) is 0.0492. The van der Waals surface area contributed by atoms with Crippen LogP contribution in [0.2, 0.25) is 0 Å². The van der Waals surface area contributed by atoms with E-state index in [2.05, 4.69) is 24.9 Å². The highest BCUT2D eigenvalue weighted by molar-refractivity contribution is 8.00. The maximum atomic E-state index is 11.6. The van der Waals surface area contributed by atoms with Gasteiger partial charge < -0.3 is 5.32 Å². The molecule has 1 aromatic rings. The Morgan fingerprint density at radius 3 is 2.88 bits per heavy atom. The van der Waals surface area contributed by atoms with Gasteiger partial charge >= 0.3 is 0 Å². The van der Waals surface area contributed by atoms with Crippen molar-refractivity contribution >= 4 is 17.7 Å². The standard InChI is InChI=1S/C13H17NOS/c1-4-9-14-13(15)11(3)16-12-8-6-5-7-10(12)2/h4-8,11H,1,9H2,2-3H3,(H,14,15). The molecule has 1 aromatic carbocycles. The smallest absolute Gasteiger partial charge is 0.233 e. The zero-order valence-corrected chi connectivity index (χ0v) is 10.5. The normalized spacial score (nSPS) is 11.9. The molecule has 1 N–H and O–H groups in total. The van der Waals surface area contributed by atoms with E-state index >= 15 is 0 Å². The van der Waals surface area contributed by atoms with Gasteiger partial charge in [0.15, 0.2) is 0 Å². The Bertz CT molecular complexity index is 376. The van der Waals surface area contributed by atoms with Gasteiger partial charge in [0.05, 0.1) is 5.25 Å². The van der Waals surface area contributed by atoms with Crippen molar-refractivity contribution in [3.63, 3.8) is 0 Å². The maximum absolute atomic E-state index is 11.6. The first-order valence-electron chi connectivity index (χ1n) is 5.26. The zero-order valence-electron chi connectivity index (χ0n) is 9.69. The Labute approximate surface area is 101 Å². The number of nitrogens with one attached hydrogen (secondary N) is 1. The van der Waals surface area contributed by atoms with Crippen LogP contribution >= 0.6 is 11.8 Å². The van der Waals surface area contributed by atoms with Crippen molar-refractivity contribution < 1.29 is 4.79 Å². The van der Waals surface area contributed by atoms with Crippen LogP contribution in [0.1, 0.15) is 12.5 Å². The highest BCUT2D eigenvalue weighted by Crippen LogP contribution is 2.26. The summed E-state index contributed by atoms with van der Waals surface area (Å²) in [6.07, 6.45) is 1.68. The SMILES string of the molecule is C=CCNC(=O)C(C)Sc1ccccc1C. The van der Waals surface area contributed by atoms with E-state index in [-0.39, 0.29) is 11.2 Å². The number of carbonyl (C=O) groups is 1. The molecule has 3 heteroatoms. The van der Waals surface area contributed by atoms with Crippen LogP contribution in [0, 0.1) is 6.92 Å². The molecule has 1 amide bonds. The molecular formula is C13H17NOS. The second-order valence-corrected chi connectivity index (χ2v) is 4.94. The minimum absolute atomic E-state index is 0.0492. The molecule has 0 radical (unpaired) electrons. The molecule has 0 bridgehead atoms. The third kappa shape index (κ3) is 3.74. The van der Waals surface area contributed by atoms with Gasteiger partial charge in [-0.3, -0.25) is 4.79 Å². The van der Waals surface area contributed by atoms with Crippen molar-refractivity contribution in [1.29, 1.82) is 0 Å². The van der Waals surface area contributed by atoms with Crippen molar-refractivity contribution in [1.82, 2.24) is 5.32 Å². The monoisotopic (exact) mass is 235 g/mol. The molecule has 0 fully saturated rings. The molecule has 1 unspecified atom stereocenters. The number of hydrogen-bond donors (Lipinski definition) is 1. The van der Waals surface area contributed by atoms with Gasteiger partial charge in [-0.1, -0.05) is 24.3 Å². The second-order valence-electron chi connectivity index (χ2n) is 3.56. The fourth-order valence-corrected chi connectivity index (χ4v) is 2.23. The molecule has 0 saturated heterocycles. The Morgan fingerprint density at radius 2 is 2.25 bits per heavy atom. The first-order valence-corrected chi connectivity index (χ1v) is 6.14. The van der Waals surface area contributed by atoms with Crippen molar-refractivity contribution in [3.05, 3.63) is 42.5 Å². The molecule has 0 aliphatic carbocycles. The van der Waals surface area contributed by atoms with Gasteiger partial charge in [0.2, 0.25) is 5.91 Å². The van der Waals surface area contributed by atoms with Crippen LogP contribution in [0.15, 0.2) is 41.8 Å². The molecule has 0 heterocycles. The lowest BCUT2D eigenvalue weighted by Gasteiger charge is -2.12. The molecule has 1 rings (SSSR count). The maximum Gasteiger partial charge on any atom is 0.233 e. The van der Waals surface area contributed by atoms with Crippen LogP contribution in [0.5, 0.6) is 0 Å². The van der Waals surface area contributed by atoms with Gasteiger partial charge in [0.1, 0.15) is 0 Å².